The van der Waals surface area contributed by atoms with Gasteiger partial charge in [-0.3, -0.25) is 0 Å². The normalized spacial score (nSPS) is 20.9. The number of hydrogen-bond donors (Lipinski definition) is 1. The van der Waals surface area contributed by atoms with E-state index in [0.717, 1.165) is 34.4 Å². The van der Waals surface area contributed by atoms with Crippen LogP contribution in [0.15, 0.2) is 23.1 Å². The first-order chi connectivity index (χ1) is 7.75. The fraction of sp³-hybridized carbons (Fsp3) is 0.455. The highest BCUT2D eigenvalue weighted by Crippen LogP contribution is 2.30. The molecular formula is C11H14ClNO2S. The first-order valence-electron chi connectivity index (χ1n) is 5.13. The minimum atomic E-state index is 0.247. The molecule has 1 saturated heterocycles. The lowest BCUT2D eigenvalue weighted by molar-refractivity contribution is -0.130. The quantitative estimate of drug-likeness (QED) is 0.670. The van der Waals surface area contributed by atoms with E-state index in [1.54, 1.807) is 17.8 Å². The Kier molecular flexibility index (Phi) is 4.35. The molecule has 3 nitrogen and oxygen atoms in total. The fourth-order valence-electron chi connectivity index (χ4n) is 1.45. The zero-order valence-corrected chi connectivity index (χ0v) is 10.4. The number of rotatable bonds is 3. The molecule has 0 saturated carbocycles. The summed E-state index contributed by atoms with van der Waals surface area (Å²) in [4.78, 5) is 1.01. The van der Waals surface area contributed by atoms with Crippen LogP contribution in [0.2, 0.25) is 5.02 Å². The van der Waals surface area contributed by atoms with Crippen molar-refractivity contribution in [2.45, 2.75) is 17.4 Å². The number of ether oxygens (including phenoxy) is 2. The highest BCUT2D eigenvalue weighted by molar-refractivity contribution is 7.99. The molecule has 0 amide bonds. The lowest BCUT2D eigenvalue weighted by Crippen LogP contribution is -2.25. The predicted molar refractivity (Wildman–Crippen MR) is 66.9 cm³/mol. The van der Waals surface area contributed by atoms with Crippen molar-refractivity contribution in [3.8, 4) is 0 Å². The molecule has 1 aliphatic heterocycles. The SMILES string of the molecule is Nc1ccc(Cl)c(SCC2CCOCO2)c1. The van der Waals surface area contributed by atoms with Crippen molar-refractivity contribution in [2.75, 3.05) is 24.9 Å². The van der Waals surface area contributed by atoms with Crippen LogP contribution < -0.4 is 5.73 Å². The van der Waals surface area contributed by atoms with Gasteiger partial charge in [0.25, 0.3) is 0 Å². The second-order valence-electron chi connectivity index (χ2n) is 3.60. The molecular weight excluding hydrogens is 246 g/mol. The Morgan fingerprint density at radius 1 is 1.50 bits per heavy atom. The van der Waals surface area contributed by atoms with Crippen molar-refractivity contribution in [1.82, 2.24) is 0 Å². The zero-order valence-electron chi connectivity index (χ0n) is 8.82. The van der Waals surface area contributed by atoms with Crippen molar-refractivity contribution in [2.24, 2.45) is 0 Å². The van der Waals surface area contributed by atoms with Crippen LogP contribution in [0, 0.1) is 0 Å². The van der Waals surface area contributed by atoms with Crippen LogP contribution in [0.4, 0.5) is 5.69 Å². The lowest BCUT2D eigenvalue weighted by Gasteiger charge is -2.22. The maximum absolute atomic E-state index is 6.07. The van der Waals surface area contributed by atoms with E-state index in [0.29, 0.717) is 6.79 Å². The van der Waals surface area contributed by atoms with Gasteiger partial charge in [0.05, 0.1) is 17.7 Å². The summed E-state index contributed by atoms with van der Waals surface area (Å²) in [5.41, 5.74) is 6.45. The Bertz CT molecular complexity index is 356. The molecule has 0 aromatic heterocycles. The van der Waals surface area contributed by atoms with E-state index in [2.05, 4.69) is 0 Å². The summed E-state index contributed by atoms with van der Waals surface area (Å²) in [5.74, 6) is 0.881. The number of anilines is 1. The van der Waals surface area contributed by atoms with E-state index < -0.39 is 0 Å². The van der Waals surface area contributed by atoms with Crippen LogP contribution in [-0.4, -0.2) is 25.3 Å². The molecule has 1 heterocycles. The summed E-state index contributed by atoms with van der Waals surface area (Å²) >= 11 is 7.75. The van der Waals surface area contributed by atoms with E-state index in [-0.39, 0.29) is 6.10 Å². The third-order valence-electron chi connectivity index (χ3n) is 2.35. The van der Waals surface area contributed by atoms with Crippen LogP contribution in [0.25, 0.3) is 0 Å². The molecule has 2 rings (SSSR count). The molecule has 0 aliphatic carbocycles. The minimum Gasteiger partial charge on any atom is -0.399 e. The number of thioether (sulfide) groups is 1. The van der Waals surface area contributed by atoms with Crippen molar-refractivity contribution >= 4 is 29.1 Å². The number of nitrogens with two attached hydrogens (primary N) is 1. The van der Waals surface area contributed by atoms with Crippen LogP contribution in [0.1, 0.15) is 6.42 Å². The van der Waals surface area contributed by atoms with Gasteiger partial charge in [0.15, 0.2) is 0 Å². The van der Waals surface area contributed by atoms with Crippen molar-refractivity contribution in [3.63, 3.8) is 0 Å². The van der Waals surface area contributed by atoms with E-state index in [9.17, 15) is 0 Å². The average Bonchev–Trinajstić information content (AvgIpc) is 2.32. The summed E-state index contributed by atoms with van der Waals surface area (Å²) < 4.78 is 10.6. The smallest absolute Gasteiger partial charge is 0.147 e. The van der Waals surface area contributed by atoms with Crippen LogP contribution in [0.5, 0.6) is 0 Å². The third kappa shape index (κ3) is 3.28. The molecule has 88 valence electrons. The van der Waals surface area contributed by atoms with E-state index in [1.165, 1.54) is 0 Å². The third-order valence-corrected chi connectivity index (χ3v) is 3.98. The molecule has 1 fully saturated rings. The molecule has 0 bridgehead atoms. The van der Waals surface area contributed by atoms with Gasteiger partial charge < -0.3 is 15.2 Å². The van der Waals surface area contributed by atoms with Gasteiger partial charge in [-0.25, -0.2) is 0 Å². The molecule has 5 heteroatoms. The number of halogens is 1. The van der Waals surface area contributed by atoms with Crippen LogP contribution in [-0.2, 0) is 9.47 Å². The van der Waals surface area contributed by atoms with Crippen molar-refractivity contribution in [1.29, 1.82) is 0 Å². The summed E-state index contributed by atoms with van der Waals surface area (Å²) in [6, 6.07) is 5.52. The maximum atomic E-state index is 6.07. The van der Waals surface area contributed by atoms with Gasteiger partial charge in [0.1, 0.15) is 6.79 Å². The summed E-state index contributed by atoms with van der Waals surface area (Å²) in [6.07, 6.45) is 1.18. The van der Waals surface area contributed by atoms with Crippen LogP contribution >= 0.6 is 23.4 Å². The highest BCUT2D eigenvalue weighted by atomic mass is 35.5. The Morgan fingerprint density at radius 2 is 2.38 bits per heavy atom. The van der Waals surface area contributed by atoms with E-state index >= 15 is 0 Å². The lowest BCUT2D eigenvalue weighted by atomic mass is 10.3. The summed E-state index contributed by atoms with van der Waals surface area (Å²) in [6.45, 7) is 1.17. The van der Waals surface area contributed by atoms with E-state index in [1.807, 2.05) is 12.1 Å². The minimum absolute atomic E-state index is 0.247. The molecule has 16 heavy (non-hydrogen) atoms. The predicted octanol–water partition coefficient (Wildman–Crippen LogP) is 2.78. The second kappa shape index (κ2) is 5.77. The van der Waals surface area contributed by atoms with Crippen LogP contribution in [0.3, 0.4) is 0 Å². The van der Waals surface area contributed by atoms with Gasteiger partial charge in [-0.15, -0.1) is 11.8 Å². The fourth-order valence-corrected chi connectivity index (χ4v) is 2.78. The van der Waals surface area contributed by atoms with Gasteiger partial charge in [-0.2, -0.15) is 0 Å². The number of hydrogen-bond acceptors (Lipinski definition) is 4. The van der Waals surface area contributed by atoms with Gasteiger partial charge in [0.2, 0.25) is 0 Å². The molecule has 1 unspecified atom stereocenters. The Hall–Kier alpha value is -0.420. The molecule has 1 aromatic carbocycles. The highest BCUT2D eigenvalue weighted by Gasteiger charge is 2.15. The second-order valence-corrected chi connectivity index (χ2v) is 5.07. The monoisotopic (exact) mass is 259 g/mol. The number of benzene rings is 1. The maximum Gasteiger partial charge on any atom is 0.147 e. The first kappa shape index (κ1) is 12.0. The molecule has 1 atom stereocenters. The van der Waals surface area contributed by atoms with E-state index in [4.69, 9.17) is 26.8 Å². The summed E-state index contributed by atoms with van der Waals surface area (Å²) in [5, 5.41) is 0.742. The molecule has 1 aliphatic rings. The number of nitrogen functional groups attached to an aromatic ring is 1. The molecule has 1 aromatic rings. The Balaban J connectivity index is 1.90. The topological polar surface area (TPSA) is 44.5 Å². The molecule has 2 N–H and O–H groups in total. The van der Waals surface area contributed by atoms with Gasteiger partial charge >= 0.3 is 0 Å². The first-order valence-corrected chi connectivity index (χ1v) is 6.49. The Morgan fingerprint density at radius 3 is 3.12 bits per heavy atom. The van der Waals surface area contributed by atoms with Gasteiger partial charge in [-0.05, 0) is 24.6 Å². The Labute approximate surface area is 104 Å². The van der Waals surface area contributed by atoms with Crippen molar-refractivity contribution < 1.29 is 9.47 Å². The zero-order chi connectivity index (χ0) is 11.4. The standard InChI is InChI=1S/C11H14ClNO2S/c12-10-2-1-8(13)5-11(10)16-6-9-3-4-14-7-15-9/h1-2,5,9H,3-4,6-7,13H2. The van der Waals surface area contributed by atoms with Gasteiger partial charge in [-0.1, -0.05) is 11.6 Å². The average molecular weight is 260 g/mol. The van der Waals surface area contributed by atoms with Gasteiger partial charge in [0, 0.05) is 16.3 Å². The molecule has 0 spiro atoms. The molecule has 0 radical (unpaired) electrons. The van der Waals surface area contributed by atoms with Crippen molar-refractivity contribution in [3.05, 3.63) is 23.2 Å². The summed E-state index contributed by atoms with van der Waals surface area (Å²) in [7, 11) is 0. The largest absolute Gasteiger partial charge is 0.399 e.